The zero-order chi connectivity index (χ0) is 21.1. The van der Waals surface area contributed by atoms with Crippen LogP contribution in [0.1, 0.15) is 17.2 Å². The van der Waals surface area contributed by atoms with E-state index in [1.54, 1.807) is 0 Å². The lowest BCUT2D eigenvalue weighted by Gasteiger charge is -2.23. The monoisotopic (exact) mass is 396 g/mol. The zero-order valence-corrected chi connectivity index (χ0v) is 17.8. The number of benzene rings is 3. The Balaban J connectivity index is 1.58. The lowest BCUT2D eigenvalue weighted by Crippen LogP contribution is -2.16. The number of aromatic nitrogens is 1. The average molecular weight is 397 g/mol. The molecule has 0 bridgehead atoms. The quantitative estimate of drug-likeness (QED) is 0.480. The highest BCUT2D eigenvalue weighted by molar-refractivity contribution is 5.93. The van der Waals surface area contributed by atoms with Crippen LogP contribution in [0.3, 0.4) is 0 Å². The highest BCUT2D eigenvalue weighted by Gasteiger charge is 2.13. The molecule has 0 fully saturated rings. The van der Waals surface area contributed by atoms with Gasteiger partial charge in [-0.15, -0.1) is 0 Å². The minimum absolute atomic E-state index is 0.0223. The van der Waals surface area contributed by atoms with Crippen molar-refractivity contribution in [2.75, 3.05) is 30.9 Å². The predicted octanol–water partition coefficient (Wildman–Crippen LogP) is 5.31. The number of fused-ring (bicyclic) bond motifs is 1. The van der Waals surface area contributed by atoms with E-state index >= 15 is 0 Å². The van der Waals surface area contributed by atoms with Crippen LogP contribution in [0.2, 0.25) is 0 Å². The van der Waals surface area contributed by atoms with Gasteiger partial charge in [-0.3, -0.25) is 0 Å². The molecule has 0 radical (unpaired) electrons. The van der Waals surface area contributed by atoms with Crippen molar-refractivity contribution in [2.45, 2.75) is 12.5 Å². The number of hydrogen-bond acceptors (Lipinski definition) is 4. The van der Waals surface area contributed by atoms with Crippen molar-refractivity contribution >= 4 is 28.1 Å². The van der Waals surface area contributed by atoms with Crippen LogP contribution in [-0.4, -0.2) is 26.1 Å². The molecule has 4 nitrogen and oxygen atoms in total. The summed E-state index contributed by atoms with van der Waals surface area (Å²) in [7, 11) is 6.18. The van der Waals surface area contributed by atoms with Crippen LogP contribution < -0.4 is 15.5 Å². The van der Waals surface area contributed by atoms with Gasteiger partial charge in [-0.1, -0.05) is 60.7 Å². The first-order valence-electron chi connectivity index (χ1n) is 10.2. The Hall–Kier alpha value is -3.37. The van der Waals surface area contributed by atoms with Gasteiger partial charge in [0.1, 0.15) is 5.82 Å². The fourth-order valence-electron chi connectivity index (χ4n) is 3.75. The van der Waals surface area contributed by atoms with Crippen molar-refractivity contribution in [1.29, 1.82) is 0 Å². The number of rotatable bonds is 6. The van der Waals surface area contributed by atoms with E-state index in [1.807, 2.05) is 12.1 Å². The van der Waals surface area contributed by atoms with Gasteiger partial charge in [0, 0.05) is 50.0 Å². The van der Waals surface area contributed by atoms with Crippen LogP contribution in [0.15, 0.2) is 84.9 Å². The van der Waals surface area contributed by atoms with E-state index in [2.05, 4.69) is 104 Å². The van der Waals surface area contributed by atoms with E-state index < -0.39 is 0 Å². The third kappa shape index (κ3) is 4.14. The number of anilines is 3. The summed E-state index contributed by atoms with van der Waals surface area (Å²) in [5, 5.41) is 1.15. The van der Waals surface area contributed by atoms with Gasteiger partial charge in [-0.05, 0) is 35.7 Å². The first-order chi connectivity index (χ1) is 14.5. The van der Waals surface area contributed by atoms with Crippen molar-refractivity contribution in [3.05, 3.63) is 96.1 Å². The van der Waals surface area contributed by atoms with E-state index in [1.165, 1.54) is 5.56 Å². The molecule has 4 rings (SSSR count). The van der Waals surface area contributed by atoms with Crippen molar-refractivity contribution in [1.82, 2.24) is 4.98 Å². The number of nitrogens with two attached hydrogens (primary N) is 1. The Morgan fingerprint density at radius 1 is 0.833 bits per heavy atom. The normalized spacial score (nSPS) is 12.0. The van der Waals surface area contributed by atoms with Crippen molar-refractivity contribution < 1.29 is 0 Å². The predicted molar refractivity (Wildman–Crippen MR) is 128 cm³/mol. The molecule has 0 aliphatic carbocycles. The Labute approximate surface area is 178 Å². The lowest BCUT2D eigenvalue weighted by molar-refractivity contribution is 0.722. The molecule has 1 heterocycles. The van der Waals surface area contributed by atoms with Gasteiger partial charge in [0.2, 0.25) is 0 Å². The molecule has 0 aliphatic rings. The molecule has 1 unspecified atom stereocenters. The molecule has 1 atom stereocenters. The minimum Gasteiger partial charge on any atom is -0.377 e. The number of hydrogen-bond donors (Lipinski definition) is 1. The Bertz CT molecular complexity index is 1120. The molecule has 30 heavy (non-hydrogen) atoms. The number of para-hydroxylation sites is 1. The molecular formula is C26H28N4. The van der Waals surface area contributed by atoms with Crippen molar-refractivity contribution in [3.63, 3.8) is 0 Å². The standard InChI is InChI=1S/C26H28N4/c1-29(2)25-18-26(28-24-12-8-7-11-22(24)25)30(3)21-15-13-20(14-16-21)23(27)17-19-9-5-4-6-10-19/h4-16,18,23H,17,27H2,1-3H3. The lowest BCUT2D eigenvalue weighted by atomic mass is 9.99. The highest BCUT2D eigenvalue weighted by Crippen LogP contribution is 2.31. The number of nitrogens with zero attached hydrogens (tertiary/aromatic N) is 3. The molecule has 0 saturated carbocycles. The summed E-state index contributed by atoms with van der Waals surface area (Å²) in [6.07, 6.45) is 0.828. The summed E-state index contributed by atoms with van der Waals surface area (Å²) >= 11 is 0. The third-order valence-electron chi connectivity index (χ3n) is 5.51. The molecule has 0 spiro atoms. The van der Waals surface area contributed by atoms with Gasteiger partial charge < -0.3 is 15.5 Å². The molecule has 4 heteroatoms. The first-order valence-corrected chi connectivity index (χ1v) is 10.2. The molecule has 3 aromatic carbocycles. The SMILES string of the molecule is CN(C)c1cc(N(C)c2ccc(C(N)Cc3ccccc3)cc2)nc2ccccc12. The second-order valence-corrected chi connectivity index (χ2v) is 7.86. The van der Waals surface area contributed by atoms with Gasteiger partial charge in [-0.2, -0.15) is 0 Å². The molecular weight excluding hydrogens is 368 g/mol. The van der Waals surface area contributed by atoms with E-state index in [0.29, 0.717) is 0 Å². The van der Waals surface area contributed by atoms with Gasteiger partial charge in [-0.25, -0.2) is 4.98 Å². The molecule has 0 amide bonds. The van der Waals surface area contributed by atoms with E-state index in [9.17, 15) is 0 Å². The summed E-state index contributed by atoms with van der Waals surface area (Å²) in [5.41, 5.74) is 12.1. The molecule has 0 aliphatic heterocycles. The summed E-state index contributed by atoms with van der Waals surface area (Å²) in [5.74, 6) is 0.915. The third-order valence-corrected chi connectivity index (χ3v) is 5.51. The van der Waals surface area contributed by atoms with E-state index in [4.69, 9.17) is 10.7 Å². The van der Waals surface area contributed by atoms with Crippen LogP contribution in [0.25, 0.3) is 10.9 Å². The summed E-state index contributed by atoms with van der Waals surface area (Å²) < 4.78 is 0. The molecule has 1 aromatic heterocycles. The molecule has 0 saturated heterocycles. The Kier molecular flexibility index (Phi) is 5.68. The molecule has 4 aromatic rings. The second kappa shape index (κ2) is 8.56. The Morgan fingerprint density at radius 2 is 1.50 bits per heavy atom. The van der Waals surface area contributed by atoms with Crippen LogP contribution in [0.4, 0.5) is 17.2 Å². The maximum atomic E-state index is 6.45. The number of pyridine rings is 1. The summed E-state index contributed by atoms with van der Waals surface area (Å²) in [6, 6.07) is 29.2. The Morgan fingerprint density at radius 3 is 2.20 bits per heavy atom. The van der Waals surface area contributed by atoms with Gasteiger partial charge >= 0.3 is 0 Å². The zero-order valence-electron chi connectivity index (χ0n) is 17.8. The van der Waals surface area contributed by atoms with Crippen LogP contribution in [0, 0.1) is 0 Å². The highest BCUT2D eigenvalue weighted by atomic mass is 15.2. The summed E-state index contributed by atoms with van der Waals surface area (Å²) in [6.45, 7) is 0. The topological polar surface area (TPSA) is 45.4 Å². The van der Waals surface area contributed by atoms with Gasteiger partial charge in [0.15, 0.2) is 0 Å². The average Bonchev–Trinajstić information content (AvgIpc) is 2.78. The maximum absolute atomic E-state index is 6.45. The van der Waals surface area contributed by atoms with Crippen molar-refractivity contribution in [3.8, 4) is 0 Å². The smallest absolute Gasteiger partial charge is 0.135 e. The fourth-order valence-corrected chi connectivity index (χ4v) is 3.75. The van der Waals surface area contributed by atoms with Gasteiger partial charge in [0.25, 0.3) is 0 Å². The maximum Gasteiger partial charge on any atom is 0.135 e. The van der Waals surface area contributed by atoms with Crippen LogP contribution >= 0.6 is 0 Å². The van der Waals surface area contributed by atoms with Crippen LogP contribution in [-0.2, 0) is 6.42 Å². The van der Waals surface area contributed by atoms with E-state index in [-0.39, 0.29) is 6.04 Å². The van der Waals surface area contributed by atoms with E-state index in [0.717, 1.165) is 40.1 Å². The molecule has 152 valence electrons. The van der Waals surface area contributed by atoms with Crippen LogP contribution in [0.5, 0.6) is 0 Å². The first kappa shape index (κ1) is 19.9. The second-order valence-electron chi connectivity index (χ2n) is 7.86. The summed E-state index contributed by atoms with van der Waals surface area (Å²) in [4.78, 5) is 9.13. The minimum atomic E-state index is -0.0223. The largest absolute Gasteiger partial charge is 0.377 e. The molecule has 2 N–H and O–H groups in total. The van der Waals surface area contributed by atoms with Gasteiger partial charge in [0.05, 0.1) is 5.52 Å². The van der Waals surface area contributed by atoms with Crippen molar-refractivity contribution in [2.24, 2.45) is 5.73 Å². The fraction of sp³-hybridized carbons (Fsp3) is 0.192.